The molecular formula is C15H21N3O2. The van der Waals surface area contributed by atoms with Gasteiger partial charge in [0.05, 0.1) is 11.7 Å². The lowest BCUT2D eigenvalue weighted by molar-refractivity contribution is 0.0488. The smallest absolute Gasteiger partial charge is 0.255 e. The van der Waals surface area contributed by atoms with E-state index in [-0.39, 0.29) is 12.0 Å². The summed E-state index contributed by atoms with van der Waals surface area (Å²) in [4.78, 5) is 20.4. The molecule has 5 nitrogen and oxygen atoms in total. The van der Waals surface area contributed by atoms with Gasteiger partial charge in [-0.15, -0.1) is 0 Å². The van der Waals surface area contributed by atoms with Gasteiger partial charge in [0.15, 0.2) is 0 Å². The first-order valence-electron chi connectivity index (χ1n) is 7.34. The first kappa shape index (κ1) is 13.5. The van der Waals surface area contributed by atoms with E-state index in [1.165, 1.54) is 12.8 Å². The van der Waals surface area contributed by atoms with E-state index in [9.17, 15) is 9.90 Å². The van der Waals surface area contributed by atoms with Crippen LogP contribution in [-0.2, 0) is 0 Å². The summed E-state index contributed by atoms with van der Waals surface area (Å²) in [7, 11) is 0. The molecule has 2 aliphatic rings. The van der Waals surface area contributed by atoms with Gasteiger partial charge in [-0.3, -0.25) is 14.7 Å². The highest BCUT2D eigenvalue weighted by Crippen LogP contribution is 2.32. The molecule has 1 N–H and O–H groups in total. The third kappa shape index (κ3) is 3.16. The summed E-state index contributed by atoms with van der Waals surface area (Å²) in [5.74, 6) is 0.575. The Balaban J connectivity index is 1.49. The average molecular weight is 275 g/mol. The summed E-state index contributed by atoms with van der Waals surface area (Å²) in [6, 6.07) is 3.59. The molecule has 20 heavy (non-hydrogen) atoms. The molecule has 1 aliphatic heterocycles. The maximum atomic E-state index is 12.3. The average Bonchev–Trinajstić information content (AvgIpc) is 3.33. The van der Waals surface area contributed by atoms with E-state index in [1.54, 1.807) is 24.5 Å². The number of carbonyl (C=O) groups is 1. The number of pyridine rings is 1. The molecular weight excluding hydrogens is 254 g/mol. The minimum Gasteiger partial charge on any atom is -0.392 e. The summed E-state index contributed by atoms with van der Waals surface area (Å²) in [5, 5.41) is 9.96. The van der Waals surface area contributed by atoms with Gasteiger partial charge in [0.2, 0.25) is 0 Å². The third-order valence-corrected chi connectivity index (χ3v) is 4.18. The second kappa shape index (κ2) is 5.89. The van der Waals surface area contributed by atoms with E-state index in [4.69, 9.17) is 0 Å². The summed E-state index contributed by atoms with van der Waals surface area (Å²) >= 11 is 0. The van der Waals surface area contributed by atoms with Crippen molar-refractivity contribution in [1.29, 1.82) is 0 Å². The van der Waals surface area contributed by atoms with Gasteiger partial charge < -0.3 is 10.0 Å². The number of hydrogen-bond donors (Lipinski definition) is 1. The predicted octanol–water partition coefficient (Wildman–Crippen LogP) is 0.610. The van der Waals surface area contributed by atoms with Crippen molar-refractivity contribution < 1.29 is 9.90 Å². The minimum atomic E-state index is -0.185. The Hall–Kier alpha value is -1.46. The van der Waals surface area contributed by atoms with Crippen molar-refractivity contribution in [1.82, 2.24) is 14.8 Å². The Labute approximate surface area is 119 Å². The summed E-state index contributed by atoms with van der Waals surface area (Å²) in [6.45, 7) is 3.89. The Morgan fingerprint density at radius 1 is 1.35 bits per heavy atom. The molecule has 1 amide bonds. The van der Waals surface area contributed by atoms with Gasteiger partial charge in [-0.25, -0.2) is 0 Å². The summed E-state index contributed by atoms with van der Waals surface area (Å²) in [5.41, 5.74) is 0.652. The highest BCUT2D eigenvalue weighted by molar-refractivity contribution is 5.93. The highest BCUT2D eigenvalue weighted by atomic mass is 16.3. The molecule has 1 aromatic heterocycles. The lowest BCUT2D eigenvalue weighted by Crippen LogP contribution is -2.50. The number of β-amino-alcohol motifs (C(OH)–C–C–N with tert-alkyl or cyclic N) is 1. The second-order valence-corrected chi connectivity index (χ2v) is 5.74. The van der Waals surface area contributed by atoms with Crippen LogP contribution in [0.3, 0.4) is 0 Å². The number of amides is 1. The number of hydrogen-bond acceptors (Lipinski definition) is 4. The Bertz CT molecular complexity index is 453. The fraction of sp³-hybridized carbons (Fsp3) is 0.600. The normalized spacial score (nSPS) is 21.8. The molecule has 2 heterocycles. The number of rotatable bonds is 4. The number of aliphatic hydroxyl groups is 1. The molecule has 0 aromatic carbocycles. The zero-order chi connectivity index (χ0) is 13.9. The van der Waals surface area contributed by atoms with Crippen molar-refractivity contribution >= 4 is 5.91 Å². The number of nitrogens with zero attached hydrogens (tertiary/aromatic N) is 3. The molecule has 5 heteroatoms. The number of piperazine rings is 1. The molecule has 1 saturated carbocycles. The van der Waals surface area contributed by atoms with Crippen LogP contribution in [0.4, 0.5) is 0 Å². The first-order valence-corrected chi connectivity index (χ1v) is 7.34. The van der Waals surface area contributed by atoms with Crippen LogP contribution in [0.1, 0.15) is 23.2 Å². The topological polar surface area (TPSA) is 56.7 Å². The molecule has 1 saturated heterocycles. The van der Waals surface area contributed by atoms with Crippen LogP contribution in [0.25, 0.3) is 0 Å². The van der Waals surface area contributed by atoms with Crippen molar-refractivity contribution in [3.05, 3.63) is 30.1 Å². The maximum Gasteiger partial charge on any atom is 0.255 e. The van der Waals surface area contributed by atoms with Crippen LogP contribution in [0, 0.1) is 5.92 Å². The predicted molar refractivity (Wildman–Crippen MR) is 75.3 cm³/mol. The molecule has 108 valence electrons. The van der Waals surface area contributed by atoms with Crippen LogP contribution in [0.15, 0.2) is 24.5 Å². The molecule has 1 aromatic rings. The van der Waals surface area contributed by atoms with Crippen LogP contribution in [-0.4, -0.2) is 64.6 Å². The van der Waals surface area contributed by atoms with Crippen LogP contribution >= 0.6 is 0 Å². The van der Waals surface area contributed by atoms with Crippen LogP contribution in [0.5, 0.6) is 0 Å². The van der Waals surface area contributed by atoms with E-state index < -0.39 is 0 Å². The van der Waals surface area contributed by atoms with Crippen molar-refractivity contribution in [2.24, 2.45) is 5.92 Å². The van der Waals surface area contributed by atoms with Crippen LogP contribution in [0.2, 0.25) is 0 Å². The van der Waals surface area contributed by atoms with Gasteiger partial charge in [0.25, 0.3) is 5.91 Å². The highest BCUT2D eigenvalue weighted by Gasteiger charge is 2.32. The van der Waals surface area contributed by atoms with Gasteiger partial charge in [0.1, 0.15) is 0 Å². The second-order valence-electron chi connectivity index (χ2n) is 5.74. The zero-order valence-electron chi connectivity index (χ0n) is 11.6. The molecule has 0 unspecified atom stereocenters. The molecule has 1 atom stereocenters. The Morgan fingerprint density at radius 3 is 2.70 bits per heavy atom. The standard InChI is InChI=1S/C15H21N3O2/c19-14(12-3-4-12)11-17-6-8-18(9-7-17)15(20)13-2-1-5-16-10-13/h1-2,5,10,12,14,19H,3-4,6-9,11H2/t14-/m1/s1. The maximum absolute atomic E-state index is 12.3. The van der Waals surface area contributed by atoms with Crippen molar-refractivity contribution in [2.75, 3.05) is 32.7 Å². The Kier molecular flexibility index (Phi) is 3.98. The number of aromatic nitrogens is 1. The first-order chi connectivity index (χ1) is 9.74. The molecule has 2 fully saturated rings. The minimum absolute atomic E-state index is 0.0560. The fourth-order valence-electron chi connectivity index (χ4n) is 2.70. The zero-order valence-corrected chi connectivity index (χ0v) is 11.6. The van der Waals surface area contributed by atoms with Gasteiger partial charge in [0, 0.05) is 45.1 Å². The van der Waals surface area contributed by atoms with Crippen molar-refractivity contribution in [3.63, 3.8) is 0 Å². The van der Waals surface area contributed by atoms with E-state index in [0.29, 0.717) is 11.5 Å². The van der Waals surface area contributed by atoms with E-state index in [2.05, 4.69) is 9.88 Å². The van der Waals surface area contributed by atoms with Crippen LogP contribution < -0.4 is 0 Å². The van der Waals surface area contributed by atoms with E-state index in [1.807, 2.05) is 4.90 Å². The van der Waals surface area contributed by atoms with Gasteiger partial charge in [-0.2, -0.15) is 0 Å². The van der Waals surface area contributed by atoms with Gasteiger partial charge in [-0.05, 0) is 30.9 Å². The quantitative estimate of drug-likeness (QED) is 0.875. The summed E-state index contributed by atoms with van der Waals surface area (Å²) < 4.78 is 0. The van der Waals surface area contributed by atoms with Crippen molar-refractivity contribution in [3.8, 4) is 0 Å². The van der Waals surface area contributed by atoms with Gasteiger partial charge >= 0.3 is 0 Å². The fourth-order valence-corrected chi connectivity index (χ4v) is 2.70. The third-order valence-electron chi connectivity index (χ3n) is 4.18. The lowest BCUT2D eigenvalue weighted by atomic mass is 10.2. The monoisotopic (exact) mass is 275 g/mol. The molecule has 3 rings (SSSR count). The van der Waals surface area contributed by atoms with E-state index >= 15 is 0 Å². The SMILES string of the molecule is O=C(c1cccnc1)N1CCN(C[C@@H](O)C2CC2)CC1. The molecule has 0 bridgehead atoms. The number of carbonyl (C=O) groups excluding carboxylic acids is 1. The van der Waals surface area contributed by atoms with E-state index in [0.717, 1.165) is 32.7 Å². The largest absolute Gasteiger partial charge is 0.392 e. The Morgan fingerprint density at radius 2 is 2.10 bits per heavy atom. The molecule has 1 aliphatic carbocycles. The molecule has 0 spiro atoms. The number of aliphatic hydroxyl groups excluding tert-OH is 1. The molecule has 0 radical (unpaired) electrons. The van der Waals surface area contributed by atoms with Crippen molar-refractivity contribution in [2.45, 2.75) is 18.9 Å². The summed E-state index contributed by atoms with van der Waals surface area (Å²) in [6.07, 6.45) is 5.44. The lowest BCUT2D eigenvalue weighted by Gasteiger charge is -2.35. The van der Waals surface area contributed by atoms with Gasteiger partial charge in [-0.1, -0.05) is 0 Å².